The number of nitrogens with one attached hydrogen (secondary N) is 1. The predicted octanol–water partition coefficient (Wildman–Crippen LogP) is 3.15. The Morgan fingerprint density at radius 3 is 2.44 bits per heavy atom. The fraction of sp³-hybridized carbons (Fsp3) is 0.933. The molecule has 106 valence electrons. The summed E-state index contributed by atoms with van der Waals surface area (Å²) in [6, 6.07) is 0.408. The Bertz CT molecular complexity index is 267. The summed E-state index contributed by atoms with van der Waals surface area (Å²) in [5, 5.41) is 3.49. The van der Waals surface area contributed by atoms with E-state index in [1.165, 1.54) is 6.42 Å². The summed E-state index contributed by atoms with van der Waals surface area (Å²) in [5.74, 6) is 1.01. The van der Waals surface area contributed by atoms with Crippen LogP contribution < -0.4 is 5.32 Å². The first-order valence-corrected chi connectivity index (χ1v) is 7.63. The van der Waals surface area contributed by atoms with Crippen LogP contribution >= 0.6 is 0 Å². The van der Waals surface area contributed by atoms with Crippen molar-refractivity contribution in [2.45, 2.75) is 85.0 Å². The largest absolute Gasteiger partial charge is 0.323 e. The van der Waals surface area contributed by atoms with Crippen LogP contribution in [-0.4, -0.2) is 29.1 Å². The van der Waals surface area contributed by atoms with Crippen LogP contribution in [0.15, 0.2) is 0 Å². The van der Waals surface area contributed by atoms with Gasteiger partial charge in [-0.2, -0.15) is 0 Å². The van der Waals surface area contributed by atoms with E-state index >= 15 is 0 Å². The van der Waals surface area contributed by atoms with Crippen LogP contribution in [0.5, 0.6) is 0 Å². The molecule has 3 heteroatoms. The van der Waals surface area contributed by atoms with Crippen LogP contribution in [0.25, 0.3) is 0 Å². The summed E-state index contributed by atoms with van der Waals surface area (Å²) in [6.07, 6.45) is 5.56. The van der Waals surface area contributed by atoms with Gasteiger partial charge in [-0.05, 0) is 32.1 Å². The molecule has 0 spiro atoms. The topological polar surface area (TPSA) is 32.3 Å². The molecule has 1 N–H and O–H groups in total. The molecule has 1 rings (SSSR count). The minimum atomic E-state index is 0.0549. The number of amides is 1. The van der Waals surface area contributed by atoms with Gasteiger partial charge in [0.05, 0.1) is 12.2 Å². The fourth-order valence-corrected chi connectivity index (χ4v) is 2.91. The lowest BCUT2D eigenvalue weighted by molar-refractivity contribution is -0.132. The number of hydrogen-bond acceptors (Lipinski definition) is 2. The standard InChI is InChI=1S/C15H30N2O/c1-6-9-13-15(18)17(14(8-3)16-13)12(5)10-11(4)7-2/h11-14,16H,6-10H2,1-5H3. The van der Waals surface area contributed by atoms with E-state index in [-0.39, 0.29) is 12.2 Å². The van der Waals surface area contributed by atoms with Crippen molar-refractivity contribution in [1.82, 2.24) is 10.2 Å². The molecular formula is C15H30N2O. The maximum atomic E-state index is 12.4. The molecule has 1 fully saturated rings. The van der Waals surface area contributed by atoms with Crippen LogP contribution in [-0.2, 0) is 4.79 Å². The van der Waals surface area contributed by atoms with Crippen LogP contribution in [0.2, 0.25) is 0 Å². The molecule has 0 aliphatic carbocycles. The minimum absolute atomic E-state index is 0.0549. The number of carbonyl (C=O) groups is 1. The van der Waals surface area contributed by atoms with Gasteiger partial charge in [0.1, 0.15) is 0 Å². The number of nitrogens with zero attached hydrogens (tertiary/aromatic N) is 1. The third-order valence-electron chi connectivity index (χ3n) is 4.16. The molecule has 4 unspecified atom stereocenters. The lowest BCUT2D eigenvalue weighted by Gasteiger charge is -2.31. The van der Waals surface area contributed by atoms with E-state index in [4.69, 9.17) is 0 Å². The second kappa shape index (κ2) is 7.13. The molecule has 0 aromatic heterocycles. The second-order valence-corrected chi connectivity index (χ2v) is 5.78. The van der Waals surface area contributed by atoms with Crippen molar-refractivity contribution in [1.29, 1.82) is 0 Å². The van der Waals surface area contributed by atoms with Crippen LogP contribution in [0.4, 0.5) is 0 Å². The first kappa shape index (κ1) is 15.5. The van der Waals surface area contributed by atoms with E-state index in [0.29, 0.717) is 17.9 Å². The molecule has 0 aromatic carbocycles. The minimum Gasteiger partial charge on any atom is -0.323 e. The molecule has 0 radical (unpaired) electrons. The highest BCUT2D eigenvalue weighted by Crippen LogP contribution is 2.23. The van der Waals surface area contributed by atoms with Crippen molar-refractivity contribution in [2.75, 3.05) is 0 Å². The fourth-order valence-electron chi connectivity index (χ4n) is 2.91. The van der Waals surface area contributed by atoms with Crippen molar-refractivity contribution in [3.05, 3.63) is 0 Å². The van der Waals surface area contributed by atoms with Gasteiger partial charge in [-0.3, -0.25) is 10.1 Å². The van der Waals surface area contributed by atoms with E-state index in [1.807, 2.05) is 0 Å². The zero-order valence-corrected chi connectivity index (χ0v) is 12.7. The smallest absolute Gasteiger partial charge is 0.241 e. The monoisotopic (exact) mass is 254 g/mol. The number of rotatable bonds is 7. The van der Waals surface area contributed by atoms with Gasteiger partial charge >= 0.3 is 0 Å². The molecule has 1 heterocycles. The van der Waals surface area contributed by atoms with Crippen LogP contribution in [0.1, 0.15) is 66.7 Å². The molecule has 1 aliphatic heterocycles. The molecule has 1 aliphatic rings. The third kappa shape index (κ3) is 3.47. The summed E-state index contributed by atoms with van der Waals surface area (Å²) < 4.78 is 0. The highest BCUT2D eigenvalue weighted by atomic mass is 16.2. The summed E-state index contributed by atoms with van der Waals surface area (Å²) in [5.41, 5.74) is 0. The van der Waals surface area contributed by atoms with Gasteiger partial charge in [-0.1, -0.05) is 40.5 Å². The molecule has 3 nitrogen and oxygen atoms in total. The maximum Gasteiger partial charge on any atom is 0.241 e. The van der Waals surface area contributed by atoms with Crippen LogP contribution in [0, 0.1) is 5.92 Å². The summed E-state index contributed by atoms with van der Waals surface area (Å²) in [4.78, 5) is 14.5. The third-order valence-corrected chi connectivity index (χ3v) is 4.16. The Kier molecular flexibility index (Phi) is 6.13. The summed E-state index contributed by atoms with van der Waals surface area (Å²) in [7, 11) is 0. The Morgan fingerprint density at radius 1 is 1.28 bits per heavy atom. The predicted molar refractivity (Wildman–Crippen MR) is 76.3 cm³/mol. The lowest BCUT2D eigenvalue weighted by Crippen LogP contribution is -2.43. The summed E-state index contributed by atoms with van der Waals surface area (Å²) >= 11 is 0. The zero-order valence-electron chi connectivity index (χ0n) is 12.7. The normalized spacial score (nSPS) is 27.6. The number of hydrogen-bond donors (Lipinski definition) is 1. The Balaban J connectivity index is 2.68. The first-order chi connectivity index (χ1) is 8.54. The van der Waals surface area contributed by atoms with E-state index in [9.17, 15) is 4.79 Å². The van der Waals surface area contributed by atoms with Gasteiger partial charge in [0.2, 0.25) is 5.91 Å². The molecule has 1 saturated heterocycles. The summed E-state index contributed by atoms with van der Waals surface area (Å²) in [6.45, 7) is 11.0. The van der Waals surface area contributed by atoms with Gasteiger partial charge in [-0.25, -0.2) is 0 Å². The Labute approximate surface area is 112 Å². The van der Waals surface area contributed by atoms with Crippen molar-refractivity contribution in [2.24, 2.45) is 5.92 Å². The molecule has 18 heavy (non-hydrogen) atoms. The number of carbonyl (C=O) groups excluding carboxylic acids is 1. The van der Waals surface area contributed by atoms with E-state index in [1.54, 1.807) is 0 Å². The van der Waals surface area contributed by atoms with Crippen molar-refractivity contribution < 1.29 is 4.79 Å². The van der Waals surface area contributed by atoms with Gasteiger partial charge < -0.3 is 4.90 Å². The van der Waals surface area contributed by atoms with Crippen molar-refractivity contribution in [3.63, 3.8) is 0 Å². The maximum absolute atomic E-state index is 12.4. The molecule has 0 saturated carbocycles. The van der Waals surface area contributed by atoms with Crippen molar-refractivity contribution >= 4 is 5.91 Å². The first-order valence-electron chi connectivity index (χ1n) is 7.63. The Hall–Kier alpha value is -0.570. The quantitative estimate of drug-likeness (QED) is 0.757. The Morgan fingerprint density at radius 2 is 1.94 bits per heavy atom. The second-order valence-electron chi connectivity index (χ2n) is 5.78. The van der Waals surface area contributed by atoms with E-state index < -0.39 is 0 Å². The molecule has 0 aromatic rings. The zero-order chi connectivity index (χ0) is 13.7. The van der Waals surface area contributed by atoms with Gasteiger partial charge in [0.25, 0.3) is 0 Å². The highest BCUT2D eigenvalue weighted by Gasteiger charge is 2.39. The molecule has 4 atom stereocenters. The average Bonchev–Trinajstić information content (AvgIpc) is 2.66. The molecular weight excluding hydrogens is 224 g/mol. The highest BCUT2D eigenvalue weighted by molar-refractivity contribution is 5.84. The molecule has 0 bridgehead atoms. The van der Waals surface area contributed by atoms with Crippen molar-refractivity contribution in [3.8, 4) is 0 Å². The van der Waals surface area contributed by atoms with E-state index in [0.717, 1.165) is 25.7 Å². The SMILES string of the molecule is CCCC1NC(CC)N(C(C)CC(C)CC)C1=O. The van der Waals surface area contributed by atoms with Gasteiger partial charge in [0, 0.05) is 6.04 Å². The van der Waals surface area contributed by atoms with E-state index in [2.05, 4.69) is 44.8 Å². The van der Waals surface area contributed by atoms with Gasteiger partial charge in [0.15, 0.2) is 0 Å². The van der Waals surface area contributed by atoms with Gasteiger partial charge in [-0.15, -0.1) is 0 Å². The lowest BCUT2D eigenvalue weighted by atomic mass is 9.99. The van der Waals surface area contributed by atoms with Crippen LogP contribution in [0.3, 0.4) is 0 Å². The average molecular weight is 254 g/mol. The molecule has 1 amide bonds.